The van der Waals surface area contributed by atoms with Gasteiger partial charge < -0.3 is 9.64 Å². The summed E-state index contributed by atoms with van der Waals surface area (Å²) in [7, 11) is 0. The van der Waals surface area contributed by atoms with Gasteiger partial charge in [0.2, 0.25) is 0 Å². The second kappa shape index (κ2) is 7.83. The summed E-state index contributed by atoms with van der Waals surface area (Å²) in [5, 5.41) is 0. The van der Waals surface area contributed by atoms with Crippen molar-refractivity contribution in [3.05, 3.63) is 76.9 Å². The molecular weight excluding hydrogens is 346 g/mol. The number of carbonyl (C=O) groups is 1. The SMILES string of the molecule is CCN1C(c2ccc(C)cc2)=C[C@H](C(=O)OC(C)(C)C)[C@@H]1c1ccc(C)cc1. The van der Waals surface area contributed by atoms with Gasteiger partial charge in [-0.15, -0.1) is 0 Å². The van der Waals surface area contributed by atoms with E-state index >= 15 is 0 Å². The first-order valence-corrected chi connectivity index (χ1v) is 10.0. The predicted octanol–water partition coefficient (Wildman–Crippen LogP) is 5.68. The summed E-state index contributed by atoms with van der Waals surface area (Å²) < 4.78 is 5.78. The molecule has 0 bridgehead atoms. The third-order valence-electron chi connectivity index (χ3n) is 5.11. The van der Waals surface area contributed by atoms with Crippen molar-refractivity contribution >= 4 is 11.7 Å². The number of nitrogens with zero attached hydrogens (tertiary/aromatic N) is 1. The molecule has 1 aliphatic rings. The van der Waals surface area contributed by atoms with E-state index in [0.717, 1.165) is 23.4 Å². The van der Waals surface area contributed by atoms with Crippen LogP contribution in [0.5, 0.6) is 0 Å². The molecule has 0 N–H and O–H groups in total. The minimum atomic E-state index is -0.508. The maximum atomic E-state index is 13.1. The van der Waals surface area contributed by atoms with Gasteiger partial charge in [-0.2, -0.15) is 0 Å². The van der Waals surface area contributed by atoms with E-state index < -0.39 is 5.60 Å². The van der Waals surface area contributed by atoms with Crippen molar-refractivity contribution in [2.45, 2.75) is 53.2 Å². The molecule has 28 heavy (non-hydrogen) atoms. The quantitative estimate of drug-likeness (QED) is 0.642. The molecule has 0 aromatic heterocycles. The normalized spacial score (nSPS) is 19.5. The van der Waals surface area contributed by atoms with Crippen molar-refractivity contribution in [2.24, 2.45) is 5.92 Å². The van der Waals surface area contributed by atoms with Gasteiger partial charge >= 0.3 is 5.97 Å². The maximum absolute atomic E-state index is 13.1. The van der Waals surface area contributed by atoms with Crippen LogP contribution >= 0.6 is 0 Å². The Hall–Kier alpha value is -2.55. The molecule has 148 valence electrons. The molecule has 0 unspecified atom stereocenters. The highest BCUT2D eigenvalue weighted by atomic mass is 16.6. The van der Waals surface area contributed by atoms with Crippen molar-refractivity contribution in [3.63, 3.8) is 0 Å². The minimum Gasteiger partial charge on any atom is -0.459 e. The van der Waals surface area contributed by atoms with E-state index in [1.165, 1.54) is 11.1 Å². The molecule has 0 spiro atoms. The van der Waals surface area contributed by atoms with E-state index in [1.807, 2.05) is 20.8 Å². The molecule has 2 atom stereocenters. The summed E-state index contributed by atoms with van der Waals surface area (Å²) in [5.41, 5.74) is 5.31. The zero-order valence-corrected chi connectivity index (χ0v) is 17.8. The van der Waals surface area contributed by atoms with Crippen LogP contribution < -0.4 is 0 Å². The van der Waals surface area contributed by atoms with Crippen LogP contribution in [0.15, 0.2) is 54.6 Å². The van der Waals surface area contributed by atoms with Gasteiger partial charge in [0, 0.05) is 12.2 Å². The van der Waals surface area contributed by atoms with Crippen LogP contribution in [0, 0.1) is 19.8 Å². The lowest BCUT2D eigenvalue weighted by atomic mass is 9.93. The maximum Gasteiger partial charge on any atom is 0.315 e. The van der Waals surface area contributed by atoms with Crippen LogP contribution in [0.1, 0.15) is 56.0 Å². The molecule has 0 amide bonds. The number of aryl methyl sites for hydroxylation is 2. The molecule has 3 nitrogen and oxygen atoms in total. The number of carbonyl (C=O) groups excluding carboxylic acids is 1. The van der Waals surface area contributed by atoms with E-state index in [-0.39, 0.29) is 17.9 Å². The van der Waals surface area contributed by atoms with Crippen molar-refractivity contribution in [1.82, 2.24) is 4.90 Å². The van der Waals surface area contributed by atoms with E-state index in [0.29, 0.717) is 0 Å². The number of hydrogen-bond donors (Lipinski definition) is 0. The molecule has 2 aromatic carbocycles. The summed E-state index contributed by atoms with van der Waals surface area (Å²) in [6.45, 7) is 12.9. The highest BCUT2D eigenvalue weighted by molar-refractivity contribution is 5.82. The fraction of sp³-hybridized carbons (Fsp3) is 0.400. The molecule has 0 saturated heterocycles. The Bertz CT molecular complexity index is 857. The van der Waals surface area contributed by atoms with Gasteiger partial charge in [0.15, 0.2) is 0 Å². The molecule has 2 aromatic rings. The number of esters is 1. The lowest BCUT2D eigenvalue weighted by Gasteiger charge is -2.32. The van der Waals surface area contributed by atoms with Crippen LogP contribution in [0.2, 0.25) is 0 Å². The highest BCUT2D eigenvalue weighted by Gasteiger charge is 2.41. The first kappa shape index (κ1) is 20.2. The Labute approximate surface area is 169 Å². The van der Waals surface area contributed by atoms with Gasteiger partial charge in [-0.05, 0) is 58.7 Å². The van der Waals surface area contributed by atoms with E-state index in [2.05, 4.69) is 80.3 Å². The van der Waals surface area contributed by atoms with Crippen LogP contribution in [0.3, 0.4) is 0 Å². The molecule has 1 heterocycles. The summed E-state index contributed by atoms with van der Waals surface area (Å²) >= 11 is 0. The van der Waals surface area contributed by atoms with Gasteiger partial charge in [-0.1, -0.05) is 59.7 Å². The predicted molar refractivity (Wildman–Crippen MR) is 115 cm³/mol. The van der Waals surface area contributed by atoms with Gasteiger partial charge in [0.25, 0.3) is 0 Å². The van der Waals surface area contributed by atoms with E-state index in [9.17, 15) is 4.79 Å². The number of benzene rings is 2. The van der Waals surface area contributed by atoms with Crippen molar-refractivity contribution in [3.8, 4) is 0 Å². The largest absolute Gasteiger partial charge is 0.459 e. The molecule has 3 heteroatoms. The average Bonchev–Trinajstić information content (AvgIpc) is 3.01. The Morgan fingerprint density at radius 3 is 2.00 bits per heavy atom. The summed E-state index contributed by atoms with van der Waals surface area (Å²) in [6.07, 6.45) is 2.09. The van der Waals surface area contributed by atoms with E-state index in [4.69, 9.17) is 4.74 Å². The first-order chi connectivity index (χ1) is 13.2. The van der Waals surface area contributed by atoms with Gasteiger partial charge in [0.1, 0.15) is 11.5 Å². The molecular formula is C25H31NO2. The molecule has 1 aliphatic heterocycles. The van der Waals surface area contributed by atoms with E-state index in [1.54, 1.807) is 0 Å². The zero-order valence-electron chi connectivity index (χ0n) is 17.8. The third kappa shape index (κ3) is 4.30. The van der Waals surface area contributed by atoms with Crippen LogP contribution in [-0.2, 0) is 9.53 Å². The second-order valence-electron chi connectivity index (χ2n) is 8.62. The fourth-order valence-electron chi connectivity index (χ4n) is 3.77. The standard InChI is InChI=1S/C25H31NO2/c1-7-26-22(19-12-8-17(2)9-13-19)16-21(24(27)28-25(4,5)6)23(26)20-14-10-18(3)11-15-20/h8-16,21,23H,7H2,1-6H3/t21-,23-/m0/s1. The topological polar surface area (TPSA) is 29.5 Å². The van der Waals surface area contributed by atoms with Crippen LogP contribution in [-0.4, -0.2) is 23.0 Å². The Kier molecular flexibility index (Phi) is 5.64. The lowest BCUT2D eigenvalue weighted by molar-refractivity contribution is -0.159. The lowest BCUT2D eigenvalue weighted by Crippen LogP contribution is -2.34. The smallest absolute Gasteiger partial charge is 0.315 e. The van der Waals surface area contributed by atoms with Gasteiger partial charge in [-0.25, -0.2) is 0 Å². The summed E-state index contributed by atoms with van der Waals surface area (Å²) in [4.78, 5) is 15.4. The molecule has 3 rings (SSSR count). The highest BCUT2D eigenvalue weighted by Crippen LogP contribution is 2.43. The number of ether oxygens (including phenoxy) is 1. The summed E-state index contributed by atoms with van der Waals surface area (Å²) in [6, 6.07) is 16.9. The zero-order chi connectivity index (χ0) is 20.5. The third-order valence-corrected chi connectivity index (χ3v) is 5.11. The number of hydrogen-bond acceptors (Lipinski definition) is 3. The molecule has 0 radical (unpaired) electrons. The van der Waals surface area contributed by atoms with Crippen LogP contribution in [0.4, 0.5) is 0 Å². The minimum absolute atomic E-state index is 0.0586. The first-order valence-electron chi connectivity index (χ1n) is 10.0. The average molecular weight is 378 g/mol. The van der Waals surface area contributed by atoms with Gasteiger partial charge in [-0.3, -0.25) is 4.79 Å². The monoisotopic (exact) mass is 377 g/mol. The van der Waals surface area contributed by atoms with Crippen LogP contribution in [0.25, 0.3) is 5.70 Å². The summed E-state index contributed by atoms with van der Waals surface area (Å²) in [5.74, 6) is -0.503. The molecule has 0 fully saturated rings. The Morgan fingerprint density at radius 2 is 1.50 bits per heavy atom. The van der Waals surface area contributed by atoms with Crippen molar-refractivity contribution in [2.75, 3.05) is 6.54 Å². The fourth-order valence-corrected chi connectivity index (χ4v) is 3.77. The number of rotatable bonds is 4. The van der Waals surface area contributed by atoms with Crippen molar-refractivity contribution < 1.29 is 9.53 Å². The van der Waals surface area contributed by atoms with Crippen molar-refractivity contribution in [1.29, 1.82) is 0 Å². The van der Waals surface area contributed by atoms with Gasteiger partial charge in [0.05, 0.1) is 6.04 Å². The second-order valence-corrected chi connectivity index (χ2v) is 8.62. The Morgan fingerprint density at radius 1 is 0.964 bits per heavy atom. The molecule has 0 aliphatic carbocycles. The Balaban J connectivity index is 2.05. The molecule has 0 saturated carbocycles.